The zero-order valence-electron chi connectivity index (χ0n) is 14.2. The van der Waals surface area contributed by atoms with Crippen molar-refractivity contribution in [2.75, 3.05) is 0 Å². The van der Waals surface area contributed by atoms with Crippen LogP contribution in [0.2, 0.25) is 0 Å². The van der Waals surface area contributed by atoms with Gasteiger partial charge in [0.15, 0.2) is 0 Å². The summed E-state index contributed by atoms with van der Waals surface area (Å²) >= 11 is 0. The van der Waals surface area contributed by atoms with Gasteiger partial charge < -0.3 is 5.32 Å². The number of urea groups is 1. The average Bonchev–Trinajstić information content (AvgIpc) is 3.23. The highest BCUT2D eigenvalue weighted by molar-refractivity contribution is 6.07. The van der Waals surface area contributed by atoms with E-state index in [0.29, 0.717) is 5.69 Å². The van der Waals surface area contributed by atoms with E-state index in [1.54, 1.807) is 13.1 Å². The van der Waals surface area contributed by atoms with Crippen molar-refractivity contribution in [2.45, 2.75) is 19.0 Å². The number of hydrogen-bond acceptors (Lipinski definition) is 4. The maximum absolute atomic E-state index is 12.9. The van der Waals surface area contributed by atoms with Crippen LogP contribution in [0.25, 0.3) is 5.69 Å². The van der Waals surface area contributed by atoms with Gasteiger partial charge in [0.1, 0.15) is 11.2 Å². The molecule has 0 unspecified atom stereocenters. The van der Waals surface area contributed by atoms with Crippen molar-refractivity contribution in [3.8, 4) is 5.69 Å². The van der Waals surface area contributed by atoms with E-state index < -0.39 is 11.6 Å². The second-order valence-corrected chi connectivity index (χ2v) is 6.27. The Bertz CT molecular complexity index is 954. The van der Waals surface area contributed by atoms with Gasteiger partial charge in [-0.3, -0.25) is 9.69 Å². The Morgan fingerprint density at radius 2 is 1.65 bits per heavy atom. The lowest BCUT2D eigenvalue weighted by Crippen LogP contribution is -2.40. The number of carbonyl (C=O) groups is 2. The number of hydrogen-bond donors (Lipinski definition) is 1. The number of amides is 3. The Labute approximate surface area is 150 Å². The monoisotopic (exact) mass is 347 g/mol. The summed E-state index contributed by atoms with van der Waals surface area (Å²) in [6, 6.07) is 18.2. The molecule has 3 amide bonds. The zero-order chi connectivity index (χ0) is 18.1. The van der Waals surface area contributed by atoms with E-state index in [-0.39, 0.29) is 12.5 Å². The van der Waals surface area contributed by atoms with Gasteiger partial charge >= 0.3 is 6.03 Å². The van der Waals surface area contributed by atoms with Crippen molar-refractivity contribution < 1.29 is 9.59 Å². The van der Waals surface area contributed by atoms with Crippen molar-refractivity contribution in [2.24, 2.45) is 0 Å². The molecule has 1 fully saturated rings. The Morgan fingerprint density at radius 3 is 2.35 bits per heavy atom. The highest BCUT2D eigenvalue weighted by atomic mass is 16.2. The molecule has 1 aliphatic rings. The first-order chi connectivity index (χ1) is 12.6. The van der Waals surface area contributed by atoms with E-state index >= 15 is 0 Å². The molecule has 7 nitrogen and oxygen atoms in total. The van der Waals surface area contributed by atoms with Gasteiger partial charge in [-0.2, -0.15) is 15.0 Å². The van der Waals surface area contributed by atoms with Gasteiger partial charge in [0.25, 0.3) is 5.91 Å². The van der Waals surface area contributed by atoms with Gasteiger partial charge in [-0.25, -0.2) is 4.79 Å². The lowest BCUT2D eigenvalue weighted by Gasteiger charge is -2.21. The first-order valence-electron chi connectivity index (χ1n) is 8.24. The molecule has 1 aromatic heterocycles. The fraction of sp³-hybridized carbons (Fsp3) is 0.158. The summed E-state index contributed by atoms with van der Waals surface area (Å²) in [5.74, 6) is -0.303. The van der Waals surface area contributed by atoms with Crippen LogP contribution in [0.15, 0.2) is 66.9 Å². The predicted molar refractivity (Wildman–Crippen MR) is 94.2 cm³/mol. The second-order valence-electron chi connectivity index (χ2n) is 6.27. The molecule has 0 spiro atoms. The minimum Gasteiger partial charge on any atom is -0.319 e. The first-order valence-corrected chi connectivity index (χ1v) is 8.24. The normalized spacial score (nSPS) is 19.7. The number of nitrogens with zero attached hydrogens (tertiary/aromatic N) is 4. The maximum Gasteiger partial charge on any atom is 0.325 e. The topological polar surface area (TPSA) is 80.1 Å². The molecule has 0 radical (unpaired) electrons. The van der Waals surface area contributed by atoms with E-state index in [9.17, 15) is 9.59 Å². The molecular formula is C19H17N5O2. The zero-order valence-corrected chi connectivity index (χ0v) is 14.2. The minimum absolute atomic E-state index is 0.0694. The van der Waals surface area contributed by atoms with Crippen molar-refractivity contribution in [3.63, 3.8) is 0 Å². The van der Waals surface area contributed by atoms with Gasteiger partial charge in [-0.05, 0) is 24.6 Å². The molecule has 0 saturated carbocycles. The molecule has 26 heavy (non-hydrogen) atoms. The van der Waals surface area contributed by atoms with Crippen LogP contribution >= 0.6 is 0 Å². The molecule has 2 heterocycles. The van der Waals surface area contributed by atoms with Crippen LogP contribution < -0.4 is 5.32 Å². The van der Waals surface area contributed by atoms with Crippen LogP contribution in [0.3, 0.4) is 0 Å². The fourth-order valence-corrected chi connectivity index (χ4v) is 3.02. The minimum atomic E-state index is -1.08. The molecule has 1 saturated heterocycles. The highest BCUT2D eigenvalue weighted by Crippen LogP contribution is 2.29. The smallest absolute Gasteiger partial charge is 0.319 e. The second kappa shape index (κ2) is 6.11. The summed E-state index contributed by atoms with van der Waals surface area (Å²) in [4.78, 5) is 27.9. The van der Waals surface area contributed by atoms with Crippen LogP contribution in [0.4, 0.5) is 4.79 Å². The summed E-state index contributed by atoms with van der Waals surface area (Å²) in [5, 5.41) is 11.4. The number of nitrogens with one attached hydrogen (secondary N) is 1. The van der Waals surface area contributed by atoms with Gasteiger partial charge in [-0.1, -0.05) is 48.5 Å². The first kappa shape index (κ1) is 16.0. The number of carbonyl (C=O) groups excluding carboxylic acids is 2. The molecule has 130 valence electrons. The van der Waals surface area contributed by atoms with E-state index in [1.165, 1.54) is 9.70 Å². The molecule has 2 aromatic carbocycles. The Morgan fingerprint density at radius 1 is 1.00 bits per heavy atom. The number of para-hydroxylation sites is 1. The highest BCUT2D eigenvalue weighted by Gasteiger charge is 2.49. The molecule has 0 bridgehead atoms. The molecule has 1 atom stereocenters. The third-order valence-electron chi connectivity index (χ3n) is 4.47. The van der Waals surface area contributed by atoms with E-state index in [0.717, 1.165) is 11.3 Å². The fourth-order valence-electron chi connectivity index (χ4n) is 3.02. The molecule has 4 rings (SSSR count). The molecule has 0 aliphatic carbocycles. The number of imide groups is 1. The van der Waals surface area contributed by atoms with Crippen molar-refractivity contribution in [3.05, 3.63) is 78.1 Å². The van der Waals surface area contributed by atoms with Crippen molar-refractivity contribution in [1.29, 1.82) is 0 Å². The van der Waals surface area contributed by atoms with Crippen molar-refractivity contribution in [1.82, 2.24) is 25.2 Å². The van der Waals surface area contributed by atoms with Crippen molar-refractivity contribution >= 4 is 11.9 Å². The molecule has 3 aromatic rings. The molecular weight excluding hydrogens is 330 g/mol. The third kappa shape index (κ3) is 2.63. The summed E-state index contributed by atoms with van der Waals surface area (Å²) < 4.78 is 0. The van der Waals surface area contributed by atoms with Gasteiger partial charge in [0.2, 0.25) is 0 Å². The van der Waals surface area contributed by atoms with E-state index in [2.05, 4.69) is 15.5 Å². The summed E-state index contributed by atoms with van der Waals surface area (Å²) in [6.07, 6.45) is 1.56. The Balaban J connectivity index is 1.57. The van der Waals surface area contributed by atoms with Crippen LogP contribution in [0.5, 0.6) is 0 Å². The summed E-state index contributed by atoms with van der Waals surface area (Å²) in [5.41, 5.74) is 1.02. The van der Waals surface area contributed by atoms with E-state index in [1.807, 2.05) is 60.7 Å². The molecule has 1 N–H and O–H groups in total. The average molecular weight is 347 g/mol. The summed E-state index contributed by atoms with van der Waals surface area (Å²) in [6.45, 7) is 1.78. The number of aromatic nitrogens is 3. The number of rotatable bonds is 4. The Hall–Kier alpha value is -3.48. The quantitative estimate of drug-likeness (QED) is 0.734. The summed E-state index contributed by atoms with van der Waals surface area (Å²) in [7, 11) is 0. The van der Waals surface area contributed by atoms with Gasteiger partial charge in [0, 0.05) is 0 Å². The van der Waals surface area contributed by atoms with Crippen LogP contribution in [0.1, 0.15) is 18.2 Å². The van der Waals surface area contributed by atoms with Crippen LogP contribution in [-0.4, -0.2) is 31.8 Å². The van der Waals surface area contributed by atoms with Crippen LogP contribution in [-0.2, 0) is 16.9 Å². The standard InChI is InChI=1S/C19H17N5O2/c1-19(14-8-4-2-5-9-14)17(25)23(18(26)21-19)13-15-12-20-24(22-15)16-10-6-3-7-11-16/h2-12H,13H2,1H3,(H,21,26)/t19-/m1/s1. The predicted octanol–water partition coefficient (Wildman–Crippen LogP) is 2.23. The van der Waals surface area contributed by atoms with Crippen LogP contribution in [0, 0.1) is 0 Å². The van der Waals surface area contributed by atoms with Gasteiger partial charge in [0.05, 0.1) is 18.4 Å². The lowest BCUT2D eigenvalue weighted by atomic mass is 9.92. The Kier molecular flexibility index (Phi) is 3.76. The maximum atomic E-state index is 12.9. The SMILES string of the molecule is C[C@]1(c2ccccc2)NC(=O)N(Cc2cnn(-c3ccccc3)n2)C1=O. The van der Waals surface area contributed by atoms with Gasteiger partial charge in [-0.15, -0.1) is 0 Å². The molecule has 7 heteroatoms. The largest absolute Gasteiger partial charge is 0.325 e. The van der Waals surface area contributed by atoms with E-state index in [4.69, 9.17) is 0 Å². The lowest BCUT2D eigenvalue weighted by molar-refractivity contribution is -0.131. The number of benzene rings is 2. The molecule has 1 aliphatic heterocycles. The third-order valence-corrected chi connectivity index (χ3v) is 4.47.